The number of ether oxygens (including phenoxy) is 2. The fourth-order valence-corrected chi connectivity index (χ4v) is 3.49. The van der Waals surface area contributed by atoms with Crippen LogP contribution in [0, 0.1) is 0 Å². The highest BCUT2D eigenvalue weighted by atomic mass is 16.5. The van der Waals surface area contributed by atoms with Crippen LogP contribution in [0.4, 0.5) is 16.2 Å². The minimum Gasteiger partial charge on any atom is -0.495 e. The summed E-state index contributed by atoms with van der Waals surface area (Å²) in [5.74, 6) is 0.423. The molecular formula is C24H28N3O6+. The minimum absolute atomic E-state index is 0.162. The summed E-state index contributed by atoms with van der Waals surface area (Å²) in [5.41, 5.74) is 1.66. The van der Waals surface area contributed by atoms with Crippen LogP contribution in [0.1, 0.15) is 19.4 Å². The van der Waals surface area contributed by atoms with Gasteiger partial charge in [0.15, 0.2) is 6.54 Å². The summed E-state index contributed by atoms with van der Waals surface area (Å²) in [4.78, 5) is 37.4. The van der Waals surface area contributed by atoms with Crippen molar-refractivity contribution in [3.05, 3.63) is 64.5 Å². The summed E-state index contributed by atoms with van der Waals surface area (Å²) in [7, 11) is 1.55. The number of hydrogen-bond donors (Lipinski definition) is 3. The van der Waals surface area contributed by atoms with Crippen molar-refractivity contribution < 1.29 is 28.4 Å². The summed E-state index contributed by atoms with van der Waals surface area (Å²) >= 11 is 0. The molecule has 0 radical (unpaired) electrons. The molecule has 0 fully saturated rings. The molecule has 0 saturated carbocycles. The molecule has 0 spiro atoms. The number of rotatable bonds is 9. The highest BCUT2D eigenvalue weighted by Gasteiger charge is 2.18. The molecule has 0 aliphatic rings. The molecule has 9 nitrogen and oxygen atoms in total. The van der Waals surface area contributed by atoms with Crippen LogP contribution in [0.25, 0.3) is 11.0 Å². The highest BCUT2D eigenvalue weighted by molar-refractivity contribution is 5.93. The van der Waals surface area contributed by atoms with Crippen LogP contribution in [0.5, 0.6) is 5.75 Å². The minimum atomic E-state index is -0.585. The quantitative estimate of drug-likeness (QED) is 0.428. The Balaban J connectivity index is 1.76. The van der Waals surface area contributed by atoms with Crippen molar-refractivity contribution in [3.63, 3.8) is 0 Å². The molecule has 0 bridgehead atoms. The van der Waals surface area contributed by atoms with E-state index in [0.29, 0.717) is 35.8 Å². The summed E-state index contributed by atoms with van der Waals surface area (Å²) in [6.07, 6.45) is -0.585. The average Bonchev–Trinajstić information content (AvgIpc) is 2.78. The Hall–Kier alpha value is -3.85. The lowest BCUT2D eigenvalue weighted by Crippen LogP contribution is -3.11. The molecule has 2 amide bonds. The van der Waals surface area contributed by atoms with Crippen LogP contribution in [0.2, 0.25) is 0 Å². The standard InChI is InChI=1S/C24H27N3O6/c1-4-27(15-22(28)26-19-8-6-7-9-20(19)31-3)14-16-12-23(29)33-21-13-17(10-11-18(16)21)25-24(30)32-5-2/h6-13H,4-5,14-15H2,1-3H3,(H,25,30)(H,26,28)/p+1. The molecule has 0 aliphatic heterocycles. The van der Waals surface area contributed by atoms with E-state index in [9.17, 15) is 14.4 Å². The van der Waals surface area contributed by atoms with Crippen molar-refractivity contribution in [3.8, 4) is 5.75 Å². The van der Waals surface area contributed by atoms with Gasteiger partial charge in [-0.1, -0.05) is 12.1 Å². The van der Waals surface area contributed by atoms with Crippen LogP contribution >= 0.6 is 0 Å². The Morgan fingerprint density at radius 2 is 1.85 bits per heavy atom. The van der Waals surface area contributed by atoms with Crippen molar-refractivity contribution in [1.82, 2.24) is 0 Å². The number of hydrogen-bond acceptors (Lipinski definition) is 6. The predicted molar refractivity (Wildman–Crippen MR) is 125 cm³/mol. The van der Waals surface area contributed by atoms with E-state index in [1.54, 1.807) is 44.4 Å². The van der Waals surface area contributed by atoms with Gasteiger partial charge < -0.3 is 24.1 Å². The molecule has 33 heavy (non-hydrogen) atoms. The van der Waals surface area contributed by atoms with Crippen molar-refractivity contribution in [2.45, 2.75) is 20.4 Å². The van der Waals surface area contributed by atoms with Gasteiger partial charge in [-0.25, -0.2) is 9.59 Å². The van der Waals surface area contributed by atoms with Gasteiger partial charge in [0.25, 0.3) is 5.91 Å². The number of likely N-dealkylation sites (N-methyl/N-ethyl adjacent to an activating group) is 1. The third kappa shape index (κ3) is 6.33. The van der Waals surface area contributed by atoms with E-state index in [4.69, 9.17) is 13.9 Å². The van der Waals surface area contributed by atoms with Crippen LogP contribution in [-0.4, -0.2) is 38.8 Å². The highest BCUT2D eigenvalue weighted by Crippen LogP contribution is 2.23. The molecule has 174 valence electrons. The summed E-state index contributed by atoms with van der Waals surface area (Å²) in [5, 5.41) is 6.21. The van der Waals surface area contributed by atoms with E-state index in [0.717, 1.165) is 15.8 Å². The van der Waals surface area contributed by atoms with Crippen LogP contribution in [-0.2, 0) is 16.1 Å². The molecule has 2 aromatic carbocycles. The number of fused-ring (bicyclic) bond motifs is 1. The van der Waals surface area contributed by atoms with Crippen molar-refractivity contribution >= 4 is 34.3 Å². The number of quaternary nitrogens is 1. The lowest BCUT2D eigenvalue weighted by Gasteiger charge is -2.18. The number of amides is 2. The largest absolute Gasteiger partial charge is 0.495 e. The Labute approximate surface area is 191 Å². The van der Waals surface area contributed by atoms with Gasteiger partial charge in [-0.05, 0) is 38.1 Å². The average molecular weight is 455 g/mol. The molecule has 1 heterocycles. The van der Waals surface area contributed by atoms with Crippen molar-refractivity contribution in [1.29, 1.82) is 0 Å². The van der Waals surface area contributed by atoms with E-state index < -0.39 is 11.7 Å². The fraction of sp³-hybridized carbons (Fsp3) is 0.292. The lowest BCUT2D eigenvalue weighted by atomic mass is 10.1. The maximum Gasteiger partial charge on any atom is 0.411 e. The number of nitrogens with one attached hydrogen (secondary N) is 3. The van der Waals surface area contributed by atoms with Gasteiger partial charge >= 0.3 is 11.7 Å². The maximum absolute atomic E-state index is 12.7. The molecule has 1 atom stereocenters. The van der Waals surface area contributed by atoms with E-state index >= 15 is 0 Å². The summed E-state index contributed by atoms with van der Waals surface area (Å²) < 4.78 is 15.5. The lowest BCUT2D eigenvalue weighted by molar-refractivity contribution is -0.903. The zero-order valence-corrected chi connectivity index (χ0v) is 18.9. The van der Waals surface area contributed by atoms with Gasteiger partial charge in [0, 0.05) is 28.8 Å². The van der Waals surface area contributed by atoms with Gasteiger partial charge in [0.05, 0.1) is 25.9 Å². The van der Waals surface area contributed by atoms with Crippen LogP contribution < -0.4 is 25.9 Å². The molecule has 1 unspecified atom stereocenters. The monoisotopic (exact) mass is 454 g/mol. The fourth-order valence-electron chi connectivity index (χ4n) is 3.49. The normalized spacial score (nSPS) is 11.6. The van der Waals surface area contributed by atoms with Crippen LogP contribution in [0.15, 0.2) is 57.7 Å². The van der Waals surface area contributed by atoms with Gasteiger partial charge in [-0.15, -0.1) is 0 Å². The van der Waals surface area contributed by atoms with Gasteiger partial charge in [0.2, 0.25) is 0 Å². The topological polar surface area (TPSA) is 111 Å². The van der Waals surface area contributed by atoms with Gasteiger partial charge in [-0.3, -0.25) is 10.1 Å². The Bertz CT molecular complexity index is 1190. The van der Waals surface area contributed by atoms with Crippen molar-refractivity contribution in [2.24, 2.45) is 0 Å². The Kier molecular flexibility index (Phi) is 8.04. The van der Waals surface area contributed by atoms with E-state index in [1.807, 2.05) is 19.1 Å². The Morgan fingerprint density at radius 3 is 2.58 bits per heavy atom. The van der Waals surface area contributed by atoms with E-state index in [1.165, 1.54) is 6.07 Å². The molecule has 3 aromatic rings. The van der Waals surface area contributed by atoms with Gasteiger partial charge in [0.1, 0.15) is 17.9 Å². The number of carbonyl (C=O) groups is 2. The smallest absolute Gasteiger partial charge is 0.411 e. The molecule has 1 aromatic heterocycles. The molecule has 3 rings (SSSR count). The zero-order valence-electron chi connectivity index (χ0n) is 18.9. The first-order chi connectivity index (χ1) is 15.9. The Morgan fingerprint density at radius 1 is 1.06 bits per heavy atom. The molecule has 9 heteroatoms. The third-order valence-electron chi connectivity index (χ3n) is 5.08. The van der Waals surface area contributed by atoms with Crippen molar-refractivity contribution in [2.75, 3.05) is 37.4 Å². The first-order valence-electron chi connectivity index (χ1n) is 10.7. The molecule has 0 aliphatic carbocycles. The second-order valence-electron chi connectivity index (χ2n) is 7.35. The van der Waals surface area contributed by atoms with Gasteiger partial charge in [-0.2, -0.15) is 0 Å². The number of carbonyl (C=O) groups excluding carboxylic acids is 2. The van der Waals surface area contributed by atoms with E-state index in [-0.39, 0.29) is 19.1 Å². The maximum atomic E-state index is 12.7. The first kappa shape index (κ1) is 23.8. The summed E-state index contributed by atoms with van der Waals surface area (Å²) in [6, 6.07) is 13.7. The van der Waals surface area contributed by atoms with Crippen LogP contribution in [0.3, 0.4) is 0 Å². The number of para-hydroxylation sites is 2. The SMILES string of the molecule is CCOC(=O)Nc1ccc2c(C[NH+](CC)CC(=O)Nc3ccccc3OC)cc(=O)oc2c1. The zero-order chi connectivity index (χ0) is 23.8. The summed E-state index contributed by atoms with van der Waals surface area (Å²) in [6.45, 7) is 5.26. The molecule has 0 saturated heterocycles. The number of methoxy groups -OCH3 is 1. The third-order valence-corrected chi connectivity index (χ3v) is 5.08. The predicted octanol–water partition coefficient (Wildman–Crippen LogP) is 2.41. The molecular weight excluding hydrogens is 426 g/mol. The van der Waals surface area contributed by atoms with E-state index in [2.05, 4.69) is 10.6 Å². The number of benzene rings is 2. The number of anilines is 2. The second kappa shape index (κ2) is 11.1. The second-order valence-corrected chi connectivity index (χ2v) is 7.35. The molecule has 3 N–H and O–H groups in total. The first-order valence-corrected chi connectivity index (χ1v) is 10.7.